The molecule has 0 spiro atoms. The van der Waals surface area contributed by atoms with Crippen molar-refractivity contribution in [2.75, 3.05) is 19.8 Å². The fourth-order valence-corrected chi connectivity index (χ4v) is 6.47. The summed E-state index contributed by atoms with van der Waals surface area (Å²) >= 11 is 0. The van der Waals surface area contributed by atoms with Gasteiger partial charge in [0.1, 0.15) is 18.2 Å². The summed E-state index contributed by atoms with van der Waals surface area (Å²) in [7, 11) is -4.88. The lowest BCUT2D eigenvalue weighted by Crippen LogP contribution is -2.50. The summed E-state index contributed by atoms with van der Waals surface area (Å²) in [5.74, 6) is 0. The first-order valence-electron chi connectivity index (χ1n) is 13.8. The van der Waals surface area contributed by atoms with Crippen LogP contribution in [0, 0.1) is 0 Å². The highest BCUT2D eigenvalue weighted by Gasteiger charge is 2.65. The summed E-state index contributed by atoms with van der Waals surface area (Å²) in [5.41, 5.74) is -1.30. The molecule has 222 valence electrons. The van der Waals surface area contributed by atoms with Gasteiger partial charge in [0.15, 0.2) is 0 Å². The molecular weight excluding hydrogens is 551 g/mol. The van der Waals surface area contributed by atoms with E-state index in [-0.39, 0.29) is 39.6 Å². The number of nitrogens with one attached hydrogen (secondary N) is 1. The summed E-state index contributed by atoms with van der Waals surface area (Å²) in [6.45, 7) is 3.16. The molecule has 0 unspecified atom stereocenters. The molecule has 7 nitrogen and oxygen atoms in total. The Morgan fingerprint density at radius 2 is 1.15 bits per heavy atom. The van der Waals surface area contributed by atoms with E-state index in [1.807, 2.05) is 91.0 Å². The number of ether oxygens (including phenoxy) is 3. The summed E-state index contributed by atoms with van der Waals surface area (Å²) in [6.07, 6.45) is -2.06. The minimum Gasteiger partial charge on any atom is -0.375 e. The van der Waals surface area contributed by atoms with Gasteiger partial charge in [-0.05, 0) is 30.5 Å². The Kier molecular flexibility index (Phi) is 11.6. The van der Waals surface area contributed by atoms with Gasteiger partial charge >= 0.3 is 13.3 Å². The topological polar surface area (TPSA) is 75.3 Å². The summed E-state index contributed by atoms with van der Waals surface area (Å²) in [5, 5.41) is 2.96. The third kappa shape index (κ3) is 8.08. The van der Waals surface area contributed by atoms with Gasteiger partial charge in [-0.1, -0.05) is 91.0 Å². The van der Waals surface area contributed by atoms with Crippen molar-refractivity contribution in [1.29, 1.82) is 0 Å². The Bertz CT molecular complexity index is 1210. The standard InChI is InChI=1S/C31H38F2NO6P/c1-3-39-41(35,40-4-2)31(32,33)30-29(38-22-26-18-12-7-13-19-26)28(37-21-25-16-10-6-11-17-25)27(34-30)23-36-20-24-14-8-5-9-15-24/h5-19,27-30,34H,3-4,20-23H2,1-2H3/t27-,28-,29+,30-/m0/s1. The van der Waals surface area contributed by atoms with Gasteiger partial charge in [0, 0.05) is 0 Å². The molecule has 0 aromatic heterocycles. The maximum atomic E-state index is 16.3. The van der Waals surface area contributed by atoms with Crippen LogP contribution in [0.1, 0.15) is 30.5 Å². The van der Waals surface area contributed by atoms with Crippen LogP contribution in [0.3, 0.4) is 0 Å². The molecule has 3 aromatic rings. The first-order chi connectivity index (χ1) is 19.9. The molecule has 4 rings (SSSR count). The van der Waals surface area contributed by atoms with Gasteiger partial charge in [-0.15, -0.1) is 0 Å². The van der Waals surface area contributed by atoms with E-state index >= 15 is 8.78 Å². The van der Waals surface area contributed by atoms with Crippen molar-refractivity contribution < 1.29 is 36.6 Å². The minimum absolute atomic E-state index is 0.0517. The zero-order valence-electron chi connectivity index (χ0n) is 23.4. The van der Waals surface area contributed by atoms with E-state index in [0.29, 0.717) is 0 Å². The molecule has 3 aromatic carbocycles. The maximum absolute atomic E-state index is 16.3. The molecule has 0 amide bonds. The number of rotatable bonds is 16. The van der Waals surface area contributed by atoms with Crippen LogP contribution < -0.4 is 5.32 Å². The van der Waals surface area contributed by atoms with Crippen molar-refractivity contribution in [3.05, 3.63) is 108 Å². The Hall–Kier alpha value is -2.49. The van der Waals surface area contributed by atoms with E-state index in [2.05, 4.69) is 5.32 Å². The van der Waals surface area contributed by atoms with Crippen LogP contribution in [0.2, 0.25) is 0 Å². The van der Waals surface area contributed by atoms with Gasteiger partial charge in [0.05, 0.1) is 45.7 Å². The second-order valence-corrected chi connectivity index (χ2v) is 11.8. The van der Waals surface area contributed by atoms with Crippen molar-refractivity contribution in [3.8, 4) is 0 Å². The van der Waals surface area contributed by atoms with Gasteiger partial charge in [0.25, 0.3) is 0 Å². The highest BCUT2D eigenvalue weighted by atomic mass is 31.2. The second kappa shape index (κ2) is 15.1. The Morgan fingerprint density at radius 3 is 1.61 bits per heavy atom. The molecule has 0 bridgehead atoms. The molecule has 1 aliphatic heterocycles. The summed E-state index contributed by atoms with van der Waals surface area (Å²) < 4.78 is 74.7. The molecule has 0 saturated carbocycles. The molecule has 1 aliphatic rings. The predicted molar refractivity (Wildman–Crippen MR) is 153 cm³/mol. The first kappa shape index (κ1) is 31.4. The van der Waals surface area contributed by atoms with Crippen LogP contribution in [0.4, 0.5) is 8.78 Å². The minimum atomic E-state index is -4.88. The Balaban J connectivity index is 1.63. The van der Waals surface area contributed by atoms with Gasteiger partial charge in [0.2, 0.25) is 0 Å². The zero-order chi connectivity index (χ0) is 29.1. The van der Waals surface area contributed by atoms with Gasteiger partial charge in [-0.25, -0.2) is 0 Å². The van der Waals surface area contributed by atoms with Crippen molar-refractivity contribution in [2.24, 2.45) is 0 Å². The zero-order valence-corrected chi connectivity index (χ0v) is 24.3. The third-order valence-corrected chi connectivity index (χ3v) is 8.96. The molecule has 0 radical (unpaired) electrons. The lowest BCUT2D eigenvalue weighted by atomic mass is 10.1. The van der Waals surface area contributed by atoms with E-state index in [9.17, 15) is 4.57 Å². The lowest BCUT2D eigenvalue weighted by molar-refractivity contribution is -0.109. The van der Waals surface area contributed by atoms with Crippen LogP contribution in [-0.4, -0.2) is 49.8 Å². The largest absolute Gasteiger partial charge is 0.401 e. The molecule has 10 heteroatoms. The van der Waals surface area contributed by atoms with Crippen molar-refractivity contribution in [2.45, 2.75) is 63.6 Å². The van der Waals surface area contributed by atoms with Crippen molar-refractivity contribution in [1.82, 2.24) is 5.32 Å². The normalized spacial score (nSPS) is 21.3. The van der Waals surface area contributed by atoms with Crippen LogP contribution in [0.25, 0.3) is 0 Å². The van der Waals surface area contributed by atoms with E-state index in [4.69, 9.17) is 23.3 Å². The van der Waals surface area contributed by atoms with Gasteiger partial charge < -0.3 is 23.3 Å². The summed E-state index contributed by atoms with van der Waals surface area (Å²) in [4.78, 5) is 0. The second-order valence-electron chi connectivity index (χ2n) is 9.69. The molecule has 1 fully saturated rings. The number of halogens is 2. The van der Waals surface area contributed by atoms with Crippen LogP contribution >= 0.6 is 7.60 Å². The number of alkyl halides is 2. The van der Waals surface area contributed by atoms with E-state index in [0.717, 1.165) is 16.7 Å². The summed E-state index contributed by atoms with van der Waals surface area (Å²) in [6, 6.07) is 25.8. The van der Waals surface area contributed by atoms with Crippen molar-refractivity contribution in [3.63, 3.8) is 0 Å². The monoisotopic (exact) mass is 589 g/mol. The molecule has 1 N–H and O–H groups in total. The average Bonchev–Trinajstić information content (AvgIpc) is 3.34. The lowest BCUT2D eigenvalue weighted by Gasteiger charge is -2.33. The van der Waals surface area contributed by atoms with E-state index in [1.165, 1.54) is 13.8 Å². The predicted octanol–water partition coefficient (Wildman–Crippen LogP) is 6.57. The van der Waals surface area contributed by atoms with Gasteiger partial charge in [-0.2, -0.15) is 8.78 Å². The van der Waals surface area contributed by atoms with Crippen LogP contribution in [-0.2, 0) is 47.6 Å². The van der Waals surface area contributed by atoms with Crippen LogP contribution in [0.5, 0.6) is 0 Å². The quantitative estimate of drug-likeness (QED) is 0.189. The number of hydrogen-bond donors (Lipinski definition) is 1. The first-order valence-corrected chi connectivity index (χ1v) is 15.4. The van der Waals surface area contributed by atoms with Crippen molar-refractivity contribution >= 4 is 7.60 Å². The molecule has 0 aliphatic carbocycles. The number of hydrogen-bond acceptors (Lipinski definition) is 7. The average molecular weight is 590 g/mol. The fraction of sp³-hybridized carbons (Fsp3) is 0.419. The van der Waals surface area contributed by atoms with Gasteiger partial charge in [-0.3, -0.25) is 9.88 Å². The highest BCUT2D eigenvalue weighted by Crippen LogP contribution is 2.64. The molecule has 4 atom stereocenters. The highest BCUT2D eigenvalue weighted by molar-refractivity contribution is 7.55. The van der Waals surface area contributed by atoms with E-state index in [1.54, 1.807) is 0 Å². The molecule has 1 saturated heterocycles. The fourth-order valence-electron chi connectivity index (χ4n) is 4.81. The Morgan fingerprint density at radius 1 is 0.707 bits per heavy atom. The van der Waals surface area contributed by atoms with E-state index < -0.39 is 37.6 Å². The molecular formula is C31H38F2NO6P. The Labute approximate surface area is 240 Å². The molecule has 1 heterocycles. The molecule has 41 heavy (non-hydrogen) atoms. The van der Waals surface area contributed by atoms with Crippen LogP contribution in [0.15, 0.2) is 91.0 Å². The maximum Gasteiger partial charge on any atom is 0.401 e. The third-order valence-electron chi connectivity index (χ3n) is 6.76. The number of benzene rings is 3. The SMILES string of the molecule is CCOP(=O)(OCC)C(F)(F)[C@H]1N[C@@H](COCc2ccccc2)[C@H](OCc2ccccc2)[C@H]1OCc1ccccc1. The smallest absolute Gasteiger partial charge is 0.375 e.